The molecule has 0 saturated heterocycles. The molecule has 7 nitrogen and oxygen atoms in total. The summed E-state index contributed by atoms with van der Waals surface area (Å²) in [7, 11) is -3.28. The zero-order chi connectivity index (χ0) is 26.6. The van der Waals surface area contributed by atoms with Crippen molar-refractivity contribution in [3.63, 3.8) is 0 Å². The van der Waals surface area contributed by atoms with Gasteiger partial charge in [0.2, 0.25) is 0 Å². The Hall–Kier alpha value is -2.29. The van der Waals surface area contributed by atoms with E-state index in [-0.39, 0.29) is 23.1 Å². The molecule has 202 valence electrons. The minimum absolute atomic E-state index is 0.0349. The lowest BCUT2D eigenvalue weighted by Crippen LogP contribution is -2.33. The fourth-order valence-electron chi connectivity index (χ4n) is 5.83. The van der Waals surface area contributed by atoms with Crippen LogP contribution in [0.15, 0.2) is 41.4 Å². The van der Waals surface area contributed by atoms with Gasteiger partial charge >= 0.3 is 0 Å². The van der Waals surface area contributed by atoms with Crippen molar-refractivity contribution in [2.45, 2.75) is 83.5 Å². The first-order valence-electron chi connectivity index (χ1n) is 13.7. The van der Waals surface area contributed by atoms with E-state index in [1.807, 2.05) is 12.1 Å². The van der Waals surface area contributed by atoms with Crippen LogP contribution in [-0.2, 0) is 27.7 Å². The first-order chi connectivity index (χ1) is 17.7. The van der Waals surface area contributed by atoms with Crippen LogP contribution in [0.2, 0.25) is 0 Å². The second-order valence-corrected chi connectivity index (χ2v) is 13.0. The third-order valence-corrected chi connectivity index (χ3v) is 9.50. The summed E-state index contributed by atoms with van der Waals surface area (Å²) < 4.78 is 29.8. The molecule has 1 N–H and O–H groups in total. The number of rotatable bonds is 10. The van der Waals surface area contributed by atoms with Gasteiger partial charge in [-0.05, 0) is 79.8 Å². The van der Waals surface area contributed by atoms with Crippen molar-refractivity contribution in [1.82, 2.24) is 15.2 Å². The van der Waals surface area contributed by atoms with Crippen molar-refractivity contribution in [2.75, 3.05) is 18.9 Å². The van der Waals surface area contributed by atoms with Crippen molar-refractivity contribution in [1.29, 1.82) is 0 Å². The molecule has 4 rings (SSSR count). The first-order valence-corrected chi connectivity index (χ1v) is 15.3. The second-order valence-electron chi connectivity index (χ2n) is 10.7. The van der Waals surface area contributed by atoms with Gasteiger partial charge in [0.05, 0.1) is 29.0 Å². The number of nitrogens with one attached hydrogen (secondary N) is 1. The Bertz CT molecular complexity index is 1170. The molecule has 1 amide bonds. The number of pyridine rings is 1. The van der Waals surface area contributed by atoms with Gasteiger partial charge in [-0.25, -0.2) is 8.42 Å². The molecule has 0 radical (unpaired) electrons. The normalized spacial score (nSPS) is 22.2. The zero-order valence-corrected chi connectivity index (χ0v) is 23.4. The molecule has 37 heavy (non-hydrogen) atoms. The summed E-state index contributed by atoms with van der Waals surface area (Å²) in [6, 6.07) is 9.66. The van der Waals surface area contributed by atoms with Gasteiger partial charge in [0.25, 0.3) is 5.91 Å². The van der Waals surface area contributed by atoms with E-state index in [1.165, 1.54) is 30.2 Å². The number of sulfone groups is 1. The van der Waals surface area contributed by atoms with Crippen molar-refractivity contribution < 1.29 is 17.9 Å². The Kier molecular flexibility index (Phi) is 9.03. The van der Waals surface area contributed by atoms with Crippen molar-refractivity contribution in [3.05, 3.63) is 58.9 Å². The highest BCUT2D eigenvalue weighted by Crippen LogP contribution is 2.41. The van der Waals surface area contributed by atoms with Gasteiger partial charge in [0.15, 0.2) is 9.84 Å². The highest BCUT2D eigenvalue weighted by molar-refractivity contribution is 7.91. The van der Waals surface area contributed by atoms with Crippen LogP contribution in [0.5, 0.6) is 0 Å². The third kappa shape index (κ3) is 6.59. The summed E-state index contributed by atoms with van der Waals surface area (Å²) >= 11 is 0. The van der Waals surface area contributed by atoms with E-state index < -0.39 is 9.84 Å². The number of amides is 1. The topological polar surface area (TPSA) is 88.6 Å². The second kappa shape index (κ2) is 12.0. The number of hydrogen-bond donors (Lipinski definition) is 1. The van der Waals surface area contributed by atoms with Gasteiger partial charge < -0.3 is 10.1 Å². The molecule has 2 aromatic rings. The number of carbonyl (C=O) groups is 1. The molecule has 2 aliphatic rings. The monoisotopic (exact) mass is 527 g/mol. The SMILES string of the molecule is CCOC1CCC(CN2Cc3cc(C(=O)NCc4ccc(S(=O)(=O)CC)cn4)ccc3C2C(C)C)CC1. The number of aromatic nitrogens is 1. The average Bonchev–Trinajstić information content (AvgIpc) is 3.26. The molecular weight excluding hydrogens is 486 g/mol. The van der Waals surface area contributed by atoms with Gasteiger partial charge in [0, 0.05) is 37.5 Å². The molecule has 1 aliphatic heterocycles. The highest BCUT2D eigenvalue weighted by Gasteiger charge is 2.35. The lowest BCUT2D eigenvalue weighted by atomic mass is 9.86. The van der Waals surface area contributed by atoms with E-state index >= 15 is 0 Å². The lowest BCUT2D eigenvalue weighted by molar-refractivity contribution is 0.0175. The number of hydrogen-bond acceptors (Lipinski definition) is 6. The van der Waals surface area contributed by atoms with E-state index in [0.29, 0.717) is 35.2 Å². The number of ether oxygens (including phenoxy) is 1. The van der Waals surface area contributed by atoms with E-state index in [9.17, 15) is 13.2 Å². The Morgan fingerprint density at radius 2 is 1.89 bits per heavy atom. The first kappa shape index (κ1) is 27.7. The highest BCUT2D eigenvalue weighted by atomic mass is 32.2. The molecule has 1 unspecified atom stereocenters. The Balaban J connectivity index is 1.38. The Morgan fingerprint density at radius 1 is 1.14 bits per heavy atom. The van der Waals surface area contributed by atoms with Crippen molar-refractivity contribution in [3.8, 4) is 0 Å². The van der Waals surface area contributed by atoms with Gasteiger partial charge in [-0.15, -0.1) is 0 Å². The average molecular weight is 528 g/mol. The van der Waals surface area contributed by atoms with Gasteiger partial charge in [0.1, 0.15) is 0 Å². The Morgan fingerprint density at radius 3 is 2.51 bits per heavy atom. The maximum Gasteiger partial charge on any atom is 0.251 e. The van der Waals surface area contributed by atoms with Crippen LogP contribution in [0.3, 0.4) is 0 Å². The summed E-state index contributed by atoms with van der Waals surface area (Å²) in [4.78, 5) is 20.0. The van der Waals surface area contributed by atoms with Crippen LogP contribution in [0, 0.1) is 11.8 Å². The summed E-state index contributed by atoms with van der Waals surface area (Å²) in [5, 5.41) is 2.93. The Labute approximate surface area is 221 Å². The summed E-state index contributed by atoms with van der Waals surface area (Å²) in [6.45, 7) is 11.3. The van der Waals surface area contributed by atoms with E-state index in [4.69, 9.17) is 4.74 Å². The molecule has 1 aromatic carbocycles. The smallest absolute Gasteiger partial charge is 0.251 e. The van der Waals surface area contributed by atoms with Gasteiger partial charge in [-0.2, -0.15) is 0 Å². The van der Waals surface area contributed by atoms with E-state index in [2.05, 4.69) is 42.0 Å². The lowest BCUT2D eigenvalue weighted by Gasteiger charge is -2.35. The van der Waals surface area contributed by atoms with Gasteiger partial charge in [-0.1, -0.05) is 26.8 Å². The largest absolute Gasteiger partial charge is 0.379 e. The molecule has 1 fully saturated rings. The number of nitrogens with zero attached hydrogens (tertiary/aromatic N) is 2. The number of benzene rings is 1. The van der Waals surface area contributed by atoms with E-state index in [1.54, 1.807) is 19.1 Å². The maximum absolute atomic E-state index is 12.9. The molecule has 0 bridgehead atoms. The molecule has 8 heteroatoms. The van der Waals surface area contributed by atoms with Crippen LogP contribution in [0.1, 0.15) is 86.6 Å². The van der Waals surface area contributed by atoms with E-state index in [0.717, 1.165) is 32.5 Å². The summed E-state index contributed by atoms with van der Waals surface area (Å²) in [5.41, 5.74) is 3.84. The minimum Gasteiger partial charge on any atom is -0.379 e. The minimum atomic E-state index is -3.28. The fourth-order valence-corrected chi connectivity index (χ4v) is 6.65. The maximum atomic E-state index is 12.9. The van der Waals surface area contributed by atoms with Crippen molar-refractivity contribution in [2.24, 2.45) is 11.8 Å². The van der Waals surface area contributed by atoms with Crippen LogP contribution < -0.4 is 5.32 Å². The predicted molar refractivity (Wildman–Crippen MR) is 145 cm³/mol. The summed E-state index contributed by atoms with van der Waals surface area (Å²) in [6.07, 6.45) is 6.53. The third-order valence-electron chi connectivity index (χ3n) is 7.78. The molecule has 1 aliphatic carbocycles. The van der Waals surface area contributed by atoms with Crippen LogP contribution >= 0.6 is 0 Å². The van der Waals surface area contributed by atoms with Crippen LogP contribution in [-0.4, -0.2) is 49.2 Å². The molecule has 0 spiro atoms. The standard InChI is InChI=1S/C29H41N3O4S/c1-5-36-25-11-7-21(8-12-25)18-32-19-23-15-22(9-14-27(23)28(32)20(3)4)29(33)31-16-24-10-13-26(17-30-24)37(34,35)6-2/h9-10,13-15,17,20-21,25,28H,5-8,11-12,16,18-19H2,1-4H3,(H,31,33). The predicted octanol–water partition coefficient (Wildman–Crippen LogP) is 4.91. The molecule has 2 heterocycles. The molecule has 1 atom stereocenters. The summed E-state index contributed by atoms with van der Waals surface area (Å²) in [5.74, 6) is 1.07. The molecule has 1 aromatic heterocycles. The quantitative estimate of drug-likeness (QED) is 0.472. The van der Waals surface area contributed by atoms with Gasteiger partial charge in [-0.3, -0.25) is 14.7 Å². The van der Waals surface area contributed by atoms with Crippen LogP contribution in [0.25, 0.3) is 0 Å². The van der Waals surface area contributed by atoms with Crippen LogP contribution in [0.4, 0.5) is 0 Å². The zero-order valence-electron chi connectivity index (χ0n) is 22.6. The number of carbonyl (C=O) groups excluding carboxylic acids is 1. The number of fused-ring (bicyclic) bond motifs is 1. The fraction of sp³-hybridized carbons (Fsp3) is 0.586. The van der Waals surface area contributed by atoms with Crippen molar-refractivity contribution >= 4 is 15.7 Å². The molecular formula is C29H41N3O4S. The molecule has 1 saturated carbocycles.